The monoisotopic (exact) mass is 394 g/mol. The van der Waals surface area contributed by atoms with Crippen molar-refractivity contribution >= 4 is 28.6 Å². The number of rotatable bonds is 7. The molecule has 0 spiro atoms. The minimum absolute atomic E-state index is 0.00396. The number of amides is 1. The van der Waals surface area contributed by atoms with Crippen molar-refractivity contribution in [3.8, 4) is 0 Å². The summed E-state index contributed by atoms with van der Waals surface area (Å²) < 4.78 is 5.40. The van der Waals surface area contributed by atoms with E-state index in [-0.39, 0.29) is 5.91 Å². The summed E-state index contributed by atoms with van der Waals surface area (Å²) in [6.45, 7) is 6.12. The van der Waals surface area contributed by atoms with Crippen molar-refractivity contribution in [3.63, 3.8) is 0 Å². The van der Waals surface area contributed by atoms with Gasteiger partial charge in [-0.3, -0.25) is 4.79 Å². The lowest BCUT2D eigenvalue weighted by Gasteiger charge is -2.28. The highest BCUT2D eigenvalue weighted by atomic mass is 16.5. The molecule has 0 atom stereocenters. The summed E-state index contributed by atoms with van der Waals surface area (Å²) in [6.07, 6.45) is 2.25. The Hall–Kier alpha value is -3.13. The zero-order valence-electron chi connectivity index (χ0n) is 16.6. The summed E-state index contributed by atoms with van der Waals surface area (Å²) in [6, 6.07) is 9.98. The van der Waals surface area contributed by atoms with Crippen LogP contribution in [0.2, 0.25) is 0 Å². The number of aromatic nitrogens is 3. The molecule has 152 valence electrons. The van der Waals surface area contributed by atoms with E-state index < -0.39 is 0 Å². The van der Waals surface area contributed by atoms with E-state index in [4.69, 9.17) is 4.74 Å². The highest BCUT2D eigenvalue weighted by molar-refractivity contribution is 5.88. The molecule has 1 aliphatic heterocycles. The van der Waals surface area contributed by atoms with Gasteiger partial charge in [0, 0.05) is 55.0 Å². The lowest BCUT2D eigenvalue weighted by atomic mass is 10.1. The Labute approximate surface area is 169 Å². The van der Waals surface area contributed by atoms with E-state index >= 15 is 0 Å². The number of para-hydroxylation sites is 1. The lowest BCUT2D eigenvalue weighted by Crippen LogP contribution is -2.37. The number of nitrogens with one attached hydrogen (secondary N) is 3. The molecule has 1 saturated heterocycles. The number of anilines is 2. The molecule has 1 aliphatic rings. The normalized spacial score (nSPS) is 14.2. The smallest absolute Gasteiger partial charge is 0.224 e. The lowest BCUT2D eigenvalue weighted by molar-refractivity contribution is -0.120. The van der Waals surface area contributed by atoms with Crippen LogP contribution in [-0.4, -0.2) is 60.3 Å². The number of aromatic amines is 1. The third-order valence-corrected chi connectivity index (χ3v) is 4.93. The van der Waals surface area contributed by atoms with Gasteiger partial charge in [-0.15, -0.1) is 0 Å². The topological polar surface area (TPSA) is 95.2 Å². The Balaban J connectivity index is 1.27. The van der Waals surface area contributed by atoms with Crippen molar-refractivity contribution in [1.82, 2.24) is 20.3 Å². The van der Waals surface area contributed by atoms with E-state index in [1.165, 1.54) is 0 Å². The van der Waals surface area contributed by atoms with Gasteiger partial charge in [0.2, 0.25) is 11.9 Å². The summed E-state index contributed by atoms with van der Waals surface area (Å²) >= 11 is 0. The van der Waals surface area contributed by atoms with Gasteiger partial charge in [-0.05, 0) is 18.6 Å². The van der Waals surface area contributed by atoms with E-state index in [1.54, 1.807) is 0 Å². The molecule has 3 aromatic rings. The number of morpholine rings is 1. The van der Waals surface area contributed by atoms with Crippen LogP contribution in [0.15, 0.2) is 36.5 Å². The number of fused-ring (bicyclic) bond motifs is 1. The number of carbonyl (C=O) groups is 1. The molecule has 0 radical (unpaired) electrons. The highest BCUT2D eigenvalue weighted by Crippen LogP contribution is 2.18. The first-order valence-corrected chi connectivity index (χ1v) is 9.93. The van der Waals surface area contributed by atoms with Crippen LogP contribution in [0.1, 0.15) is 11.3 Å². The fourth-order valence-corrected chi connectivity index (χ4v) is 3.48. The fraction of sp³-hybridized carbons (Fsp3) is 0.381. The molecule has 0 aliphatic carbocycles. The van der Waals surface area contributed by atoms with Gasteiger partial charge < -0.3 is 25.3 Å². The Morgan fingerprint density at radius 2 is 2.03 bits per heavy atom. The number of nitrogens with zero attached hydrogens (tertiary/aromatic N) is 3. The van der Waals surface area contributed by atoms with Crippen molar-refractivity contribution in [2.45, 2.75) is 13.3 Å². The molecule has 1 amide bonds. The summed E-state index contributed by atoms with van der Waals surface area (Å²) in [7, 11) is 0. The zero-order valence-corrected chi connectivity index (χ0v) is 16.6. The van der Waals surface area contributed by atoms with Crippen molar-refractivity contribution in [2.75, 3.05) is 49.6 Å². The first-order chi connectivity index (χ1) is 14.2. The number of benzene rings is 1. The van der Waals surface area contributed by atoms with Gasteiger partial charge in [0.25, 0.3) is 0 Å². The summed E-state index contributed by atoms with van der Waals surface area (Å²) in [5.74, 6) is 1.49. The van der Waals surface area contributed by atoms with E-state index in [1.807, 2.05) is 43.5 Å². The van der Waals surface area contributed by atoms with Crippen LogP contribution in [0.4, 0.5) is 11.8 Å². The van der Waals surface area contributed by atoms with Crippen LogP contribution in [0, 0.1) is 6.92 Å². The van der Waals surface area contributed by atoms with Gasteiger partial charge in [-0.25, -0.2) is 4.98 Å². The Morgan fingerprint density at radius 1 is 1.21 bits per heavy atom. The quantitative estimate of drug-likeness (QED) is 0.530. The molecule has 8 nitrogen and oxygen atoms in total. The number of aryl methyl sites for hydroxylation is 1. The Kier molecular flexibility index (Phi) is 5.90. The van der Waals surface area contributed by atoms with Crippen molar-refractivity contribution in [2.24, 2.45) is 0 Å². The van der Waals surface area contributed by atoms with Gasteiger partial charge in [-0.1, -0.05) is 18.2 Å². The van der Waals surface area contributed by atoms with Crippen LogP contribution in [0.5, 0.6) is 0 Å². The maximum Gasteiger partial charge on any atom is 0.224 e. The largest absolute Gasteiger partial charge is 0.378 e. The molecule has 1 aromatic carbocycles. The van der Waals surface area contributed by atoms with Crippen molar-refractivity contribution in [1.29, 1.82) is 0 Å². The minimum Gasteiger partial charge on any atom is -0.378 e. The number of H-pyrrole nitrogens is 1. The van der Waals surface area contributed by atoms with E-state index in [2.05, 4.69) is 30.5 Å². The minimum atomic E-state index is -0.00396. The van der Waals surface area contributed by atoms with Gasteiger partial charge in [-0.2, -0.15) is 4.98 Å². The molecule has 1 fully saturated rings. The third kappa shape index (κ3) is 4.83. The molecular formula is C21H26N6O2. The zero-order chi connectivity index (χ0) is 20.1. The second-order valence-electron chi connectivity index (χ2n) is 7.10. The first kappa shape index (κ1) is 19.2. The molecule has 8 heteroatoms. The molecule has 0 bridgehead atoms. The summed E-state index contributed by atoms with van der Waals surface area (Å²) in [4.78, 5) is 26.7. The van der Waals surface area contributed by atoms with E-state index in [9.17, 15) is 4.79 Å². The van der Waals surface area contributed by atoms with Gasteiger partial charge >= 0.3 is 0 Å². The molecule has 0 unspecified atom stereocenters. The molecule has 3 heterocycles. The van der Waals surface area contributed by atoms with Gasteiger partial charge in [0.15, 0.2) is 0 Å². The van der Waals surface area contributed by atoms with Crippen LogP contribution in [0.3, 0.4) is 0 Å². The second-order valence-corrected chi connectivity index (χ2v) is 7.10. The predicted molar refractivity (Wildman–Crippen MR) is 113 cm³/mol. The third-order valence-electron chi connectivity index (χ3n) is 4.93. The van der Waals surface area contributed by atoms with Crippen LogP contribution in [0.25, 0.3) is 10.9 Å². The summed E-state index contributed by atoms with van der Waals surface area (Å²) in [5.41, 5.74) is 2.96. The SMILES string of the molecule is Cc1cc(N2CCOCC2)nc(NCCNC(=O)Cc2c[nH]c3ccccc23)n1. The molecular weight excluding hydrogens is 368 g/mol. The first-order valence-electron chi connectivity index (χ1n) is 9.93. The maximum atomic E-state index is 12.3. The average Bonchev–Trinajstić information content (AvgIpc) is 3.14. The number of hydrogen-bond donors (Lipinski definition) is 3. The maximum absolute atomic E-state index is 12.3. The molecule has 2 aromatic heterocycles. The standard InChI is InChI=1S/C21H26N6O2/c1-15-12-19(27-8-10-29-11-9-27)26-21(25-15)23-7-6-22-20(28)13-16-14-24-18-5-3-2-4-17(16)18/h2-5,12,14,24H,6-11,13H2,1H3,(H,22,28)(H,23,25,26). The molecule has 29 heavy (non-hydrogen) atoms. The Bertz CT molecular complexity index is 980. The highest BCUT2D eigenvalue weighted by Gasteiger charge is 2.14. The Morgan fingerprint density at radius 3 is 2.90 bits per heavy atom. The molecule has 3 N–H and O–H groups in total. The second kappa shape index (κ2) is 8.91. The number of carbonyl (C=O) groups excluding carboxylic acids is 1. The fourth-order valence-electron chi connectivity index (χ4n) is 3.48. The molecule has 0 saturated carbocycles. The van der Waals surface area contributed by atoms with Crippen LogP contribution >= 0.6 is 0 Å². The van der Waals surface area contributed by atoms with Crippen LogP contribution < -0.4 is 15.5 Å². The van der Waals surface area contributed by atoms with E-state index in [0.717, 1.165) is 41.1 Å². The predicted octanol–water partition coefficient (Wildman–Crippen LogP) is 1.87. The summed E-state index contributed by atoms with van der Waals surface area (Å²) in [5, 5.41) is 7.25. The van der Waals surface area contributed by atoms with E-state index in [0.29, 0.717) is 38.7 Å². The average molecular weight is 394 g/mol. The number of hydrogen-bond acceptors (Lipinski definition) is 6. The van der Waals surface area contributed by atoms with Crippen LogP contribution in [-0.2, 0) is 16.0 Å². The van der Waals surface area contributed by atoms with Gasteiger partial charge in [0.05, 0.1) is 19.6 Å². The van der Waals surface area contributed by atoms with Gasteiger partial charge in [0.1, 0.15) is 5.82 Å². The molecule has 4 rings (SSSR count). The number of ether oxygens (including phenoxy) is 1. The van der Waals surface area contributed by atoms with Crippen molar-refractivity contribution in [3.05, 3.63) is 47.8 Å². The van der Waals surface area contributed by atoms with Crippen molar-refractivity contribution < 1.29 is 9.53 Å².